The standard InChI is InChI=1S/C28H24N2O6/c31-22-10-20(11-25-28(22)23(32)12-24(36-25)18-5-2-1-3-6-18)35-16-27(34)29-13-17-9-19(15-29)21-7-4-8-26(33)30(21)14-17/h1-8,10-12,17,19,31H,9,13-16H2. The second kappa shape index (κ2) is 8.71. The van der Waals surface area contributed by atoms with Crippen molar-refractivity contribution in [2.75, 3.05) is 19.7 Å². The molecule has 182 valence electrons. The van der Waals surface area contributed by atoms with Crippen LogP contribution in [0.25, 0.3) is 22.3 Å². The Kier molecular flexibility index (Phi) is 5.36. The number of likely N-dealkylation sites (tertiary alicyclic amines) is 1. The first-order valence-corrected chi connectivity index (χ1v) is 11.9. The summed E-state index contributed by atoms with van der Waals surface area (Å²) in [6, 6.07) is 18.7. The normalized spacial score (nSPS) is 18.6. The number of aromatic nitrogens is 1. The molecule has 0 spiro atoms. The molecule has 4 aromatic rings. The Morgan fingerprint density at radius 1 is 1.00 bits per heavy atom. The molecule has 2 aromatic heterocycles. The Hall–Kier alpha value is -4.33. The number of aromatic hydroxyl groups is 1. The molecule has 8 heteroatoms. The fourth-order valence-electron chi connectivity index (χ4n) is 5.41. The predicted octanol–water partition coefficient (Wildman–Crippen LogP) is 3.35. The molecule has 4 heterocycles. The highest BCUT2D eigenvalue weighted by atomic mass is 16.5. The highest BCUT2D eigenvalue weighted by Gasteiger charge is 2.36. The number of hydrogen-bond acceptors (Lipinski definition) is 6. The maximum absolute atomic E-state index is 13.0. The fraction of sp³-hybridized carbons (Fsp3) is 0.250. The predicted molar refractivity (Wildman–Crippen MR) is 133 cm³/mol. The SMILES string of the molecule is O=C(COc1cc(O)c2c(=O)cc(-c3ccccc3)oc2c1)N1CC2CC(C1)c1cccc(=O)n1C2. The Balaban J connectivity index is 1.21. The van der Waals surface area contributed by atoms with Crippen LogP contribution in [0.3, 0.4) is 0 Å². The summed E-state index contributed by atoms with van der Waals surface area (Å²) >= 11 is 0. The van der Waals surface area contributed by atoms with E-state index in [4.69, 9.17) is 9.15 Å². The van der Waals surface area contributed by atoms with Crippen LogP contribution in [-0.4, -0.2) is 40.2 Å². The van der Waals surface area contributed by atoms with Crippen molar-refractivity contribution >= 4 is 16.9 Å². The van der Waals surface area contributed by atoms with Crippen molar-refractivity contribution in [2.24, 2.45) is 5.92 Å². The summed E-state index contributed by atoms with van der Waals surface area (Å²) in [7, 11) is 0. The number of carbonyl (C=O) groups is 1. The third-order valence-corrected chi connectivity index (χ3v) is 7.04. The highest BCUT2D eigenvalue weighted by Crippen LogP contribution is 2.35. The van der Waals surface area contributed by atoms with E-state index >= 15 is 0 Å². The quantitative estimate of drug-likeness (QED) is 0.477. The number of piperidine rings is 1. The maximum Gasteiger partial charge on any atom is 0.260 e. The van der Waals surface area contributed by atoms with Gasteiger partial charge in [0.1, 0.15) is 28.2 Å². The van der Waals surface area contributed by atoms with Crippen LogP contribution < -0.4 is 15.7 Å². The van der Waals surface area contributed by atoms with E-state index in [9.17, 15) is 19.5 Å². The fourth-order valence-corrected chi connectivity index (χ4v) is 5.41. The molecule has 2 aromatic carbocycles. The van der Waals surface area contributed by atoms with Crippen LogP contribution >= 0.6 is 0 Å². The third-order valence-electron chi connectivity index (χ3n) is 7.04. The number of benzene rings is 2. The van der Waals surface area contributed by atoms with E-state index in [-0.39, 0.29) is 57.8 Å². The number of hydrogen-bond donors (Lipinski definition) is 1. The van der Waals surface area contributed by atoms with Crippen LogP contribution in [0.15, 0.2) is 80.7 Å². The number of rotatable bonds is 4. The summed E-state index contributed by atoms with van der Waals surface area (Å²) in [6.45, 7) is 1.49. The molecule has 8 nitrogen and oxygen atoms in total. The van der Waals surface area contributed by atoms with Gasteiger partial charge in [0.15, 0.2) is 12.0 Å². The molecule has 1 fully saturated rings. The molecule has 0 radical (unpaired) electrons. The molecule has 0 saturated carbocycles. The van der Waals surface area contributed by atoms with E-state index in [1.807, 2.05) is 41.0 Å². The van der Waals surface area contributed by atoms with Gasteiger partial charge in [0.2, 0.25) is 0 Å². The van der Waals surface area contributed by atoms with Crippen LogP contribution in [0, 0.1) is 5.92 Å². The van der Waals surface area contributed by atoms with Gasteiger partial charge in [-0.2, -0.15) is 0 Å². The number of fused-ring (bicyclic) bond motifs is 5. The van der Waals surface area contributed by atoms with E-state index < -0.39 is 0 Å². The molecule has 1 N–H and O–H groups in total. The van der Waals surface area contributed by atoms with Gasteiger partial charge in [-0.05, 0) is 18.4 Å². The van der Waals surface area contributed by atoms with Gasteiger partial charge in [0.05, 0.1) is 0 Å². The molecule has 2 bridgehead atoms. The highest BCUT2D eigenvalue weighted by molar-refractivity contribution is 5.86. The molecular formula is C28H24N2O6. The summed E-state index contributed by atoms with van der Waals surface area (Å²) in [5, 5.41) is 10.5. The first-order chi connectivity index (χ1) is 17.5. The minimum atomic E-state index is -0.366. The van der Waals surface area contributed by atoms with Crippen LogP contribution in [-0.2, 0) is 11.3 Å². The van der Waals surface area contributed by atoms with Crippen molar-refractivity contribution in [1.29, 1.82) is 0 Å². The lowest BCUT2D eigenvalue weighted by Crippen LogP contribution is -2.50. The van der Waals surface area contributed by atoms with Crippen molar-refractivity contribution in [1.82, 2.24) is 9.47 Å². The van der Waals surface area contributed by atoms with Crippen molar-refractivity contribution in [3.05, 3.63) is 93.0 Å². The zero-order valence-corrected chi connectivity index (χ0v) is 19.4. The van der Waals surface area contributed by atoms with E-state index in [0.29, 0.717) is 25.4 Å². The summed E-state index contributed by atoms with van der Waals surface area (Å²) < 4.78 is 13.5. The molecule has 2 unspecified atom stereocenters. The van der Waals surface area contributed by atoms with Gasteiger partial charge >= 0.3 is 0 Å². The summed E-state index contributed by atoms with van der Waals surface area (Å²) in [5.74, 6) is 0.505. The van der Waals surface area contributed by atoms with E-state index in [1.54, 1.807) is 17.0 Å². The lowest BCUT2D eigenvalue weighted by atomic mass is 9.83. The Morgan fingerprint density at radius 2 is 1.83 bits per heavy atom. The zero-order chi connectivity index (χ0) is 24.8. The number of amides is 1. The summed E-state index contributed by atoms with van der Waals surface area (Å²) in [4.78, 5) is 39.7. The number of phenolic OH excluding ortho intramolecular Hbond substituents is 1. The van der Waals surface area contributed by atoms with Gasteiger partial charge in [0.25, 0.3) is 11.5 Å². The number of nitrogens with zero attached hydrogens (tertiary/aromatic N) is 2. The van der Waals surface area contributed by atoms with Crippen molar-refractivity contribution in [3.8, 4) is 22.8 Å². The molecule has 6 rings (SSSR count). The summed E-state index contributed by atoms with van der Waals surface area (Å²) in [5.41, 5.74) is 1.52. The van der Waals surface area contributed by atoms with Crippen molar-refractivity contribution < 1.29 is 19.1 Å². The van der Waals surface area contributed by atoms with Gasteiger partial charge in [-0.15, -0.1) is 0 Å². The average Bonchev–Trinajstić information content (AvgIpc) is 2.88. The van der Waals surface area contributed by atoms with Crippen LogP contribution in [0.2, 0.25) is 0 Å². The minimum absolute atomic E-state index is 0.00324. The number of pyridine rings is 1. The topological polar surface area (TPSA) is 102 Å². The lowest BCUT2D eigenvalue weighted by molar-refractivity contribution is -0.136. The van der Waals surface area contributed by atoms with Crippen molar-refractivity contribution in [3.63, 3.8) is 0 Å². The zero-order valence-electron chi connectivity index (χ0n) is 19.4. The molecule has 1 saturated heterocycles. The molecule has 36 heavy (non-hydrogen) atoms. The van der Waals surface area contributed by atoms with Crippen LogP contribution in [0.4, 0.5) is 0 Å². The summed E-state index contributed by atoms with van der Waals surface area (Å²) in [6.07, 6.45) is 0.954. The minimum Gasteiger partial charge on any atom is -0.507 e. The maximum atomic E-state index is 13.0. The molecule has 1 amide bonds. The largest absolute Gasteiger partial charge is 0.507 e. The Morgan fingerprint density at radius 3 is 2.67 bits per heavy atom. The van der Waals surface area contributed by atoms with Crippen molar-refractivity contribution in [2.45, 2.75) is 18.9 Å². The van der Waals surface area contributed by atoms with Gasteiger partial charge in [-0.25, -0.2) is 0 Å². The lowest BCUT2D eigenvalue weighted by Gasteiger charge is -2.42. The number of phenols is 1. The smallest absolute Gasteiger partial charge is 0.260 e. The van der Waals surface area contributed by atoms with E-state index in [0.717, 1.165) is 17.7 Å². The molecular weight excluding hydrogens is 460 g/mol. The van der Waals surface area contributed by atoms with E-state index in [1.165, 1.54) is 18.2 Å². The average molecular weight is 485 g/mol. The molecule has 2 atom stereocenters. The second-order valence-corrected chi connectivity index (χ2v) is 9.44. The van der Waals surface area contributed by atoms with Gasteiger partial charge in [-0.3, -0.25) is 14.4 Å². The monoisotopic (exact) mass is 484 g/mol. The van der Waals surface area contributed by atoms with Gasteiger partial charge < -0.3 is 23.7 Å². The number of ether oxygens (including phenoxy) is 1. The molecule has 0 aliphatic carbocycles. The van der Waals surface area contributed by atoms with E-state index in [2.05, 4.69) is 0 Å². The third kappa shape index (κ3) is 3.94. The van der Waals surface area contributed by atoms with Gasteiger partial charge in [0, 0.05) is 61.1 Å². The molecule has 2 aliphatic rings. The van der Waals surface area contributed by atoms with Crippen LogP contribution in [0.1, 0.15) is 18.0 Å². The van der Waals surface area contributed by atoms with Gasteiger partial charge in [-0.1, -0.05) is 36.4 Å². The first kappa shape index (κ1) is 22.2. The number of carbonyl (C=O) groups excluding carboxylic acids is 1. The first-order valence-electron chi connectivity index (χ1n) is 11.9. The Bertz CT molecular complexity index is 1590. The van der Waals surface area contributed by atoms with Crippen LogP contribution in [0.5, 0.6) is 11.5 Å². The Labute approximate surface area is 206 Å². The molecule has 2 aliphatic heterocycles. The second-order valence-electron chi connectivity index (χ2n) is 9.44.